The second-order valence-electron chi connectivity index (χ2n) is 11.6. The van der Waals surface area contributed by atoms with Gasteiger partial charge in [-0.05, 0) is 34.8 Å². The van der Waals surface area contributed by atoms with Crippen molar-refractivity contribution in [1.82, 2.24) is 0 Å². The maximum atomic E-state index is 5.73. The first-order chi connectivity index (χ1) is 14.8. The standard InChI is InChI=1S/C28H50O4/c1-11-13-18-29-31-21-27(9,25(3,4)5)23-16-15-17-24(20-23)28(10,26(6,7)8)22-32-30-19-14-12-2/h15-17,20H,11-14,18-19,21-22H2,1-10H3. The summed E-state index contributed by atoms with van der Waals surface area (Å²) in [5.41, 5.74) is 2.04. The average molecular weight is 451 g/mol. The second kappa shape index (κ2) is 12.5. The minimum atomic E-state index is -0.216. The minimum Gasteiger partial charge on any atom is -0.237 e. The van der Waals surface area contributed by atoms with E-state index in [1.807, 2.05) is 0 Å². The first-order valence-electron chi connectivity index (χ1n) is 12.4. The summed E-state index contributed by atoms with van der Waals surface area (Å²) in [4.78, 5) is 22.4. The van der Waals surface area contributed by atoms with Gasteiger partial charge in [-0.1, -0.05) is 106 Å². The molecule has 0 saturated heterocycles. The summed E-state index contributed by atoms with van der Waals surface area (Å²) >= 11 is 0. The van der Waals surface area contributed by atoms with Gasteiger partial charge in [0.1, 0.15) is 0 Å². The lowest BCUT2D eigenvalue weighted by atomic mass is 9.61. The molecular formula is C28H50O4. The van der Waals surface area contributed by atoms with Crippen LogP contribution in [0.1, 0.15) is 106 Å². The highest BCUT2D eigenvalue weighted by atomic mass is 17.2. The maximum Gasteiger partial charge on any atom is 0.0921 e. The zero-order valence-electron chi connectivity index (χ0n) is 22.6. The molecule has 4 nitrogen and oxygen atoms in total. The van der Waals surface area contributed by atoms with Crippen molar-refractivity contribution in [2.75, 3.05) is 26.4 Å². The third kappa shape index (κ3) is 7.55. The van der Waals surface area contributed by atoms with Gasteiger partial charge in [0.2, 0.25) is 0 Å². The number of hydrogen-bond donors (Lipinski definition) is 0. The first-order valence-corrected chi connectivity index (χ1v) is 12.4. The Morgan fingerprint density at radius 1 is 0.594 bits per heavy atom. The third-order valence-electron chi connectivity index (χ3n) is 7.47. The highest BCUT2D eigenvalue weighted by molar-refractivity contribution is 5.37. The molecule has 0 heterocycles. The van der Waals surface area contributed by atoms with Crippen LogP contribution in [-0.4, -0.2) is 26.4 Å². The Morgan fingerprint density at radius 3 is 1.28 bits per heavy atom. The fourth-order valence-corrected chi connectivity index (χ4v) is 3.51. The molecule has 186 valence electrons. The Labute approximate surface area is 198 Å². The van der Waals surface area contributed by atoms with E-state index >= 15 is 0 Å². The van der Waals surface area contributed by atoms with Crippen LogP contribution in [0.2, 0.25) is 0 Å². The Balaban J connectivity index is 3.20. The van der Waals surface area contributed by atoms with E-state index in [1.54, 1.807) is 0 Å². The van der Waals surface area contributed by atoms with Crippen LogP contribution in [0.25, 0.3) is 0 Å². The predicted octanol–water partition coefficient (Wildman–Crippen LogP) is 7.79. The van der Waals surface area contributed by atoms with E-state index in [2.05, 4.69) is 93.5 Å². The van der Waals surface area contributed by atoms with Crippen LogP contribution in [-0.2, 0) is 30.4 Å². The van der Waals surface area contributed by atoms with Crippen molar-refractivity contribution in [3.05, 3.63) is 35.4 Å². The fraction of sp³-hybridized carbons (Fsp3) is 0.786. The third-order valence-corrected chi connectivity index (χ3v) is 7.47. The molecule has 32 heavy (non-hydrogen) atoms. The van der Waals surface area contributed by atoms with Gasteiger partial charge in [0.25, 0.3) is 0 Å². The molecule has 4 heteroatoms. The van der Waals surface area contributed by atoms with Crippen molar-refractivity contribution in [2.45, 2.75) is 106 Å². The lowest BCUT2D eigenvalue weighted by Gasteiger charge is -2.44. The van der Waals surface area contributed by atoms with Crippen LogP contribution >= 0.6 is 0 Å². The van der Waals surface area contributed by atoms with E-state index in [0.717, 1.165) is 25.7 Å². The van der Waals surface area contributed by atoms with Crippen LogP contribution in [0.15, 0.2) is 24.3 Å². The van der Waals surface area contributed by atoms with Gasteiger partial charge < -0.3 is 0 Å². The van der Waals surface area contributed by atoms with Gasteiger partial charge in [0, 0.05) is 10.8 Å². The predicted molar refractivity (Wildman–Crippen MR) is 134 cm³/mol. The van der Waals surface area contributed by atoms with E-state index in [-0.39, 0.29) is 21.7 Å². The van der Waals surface area contributed by atoms with Crippen molar-refractivity contribution in [1.29, 1.82) is 0 Å². The zero-order valence-corrected chi connectivity index (χ0v) is 22.6. The summed E-state index contributed by atoms with van der Waals surface area (Å²) in [6.45, 7) is 24.7. The molecule has 1 aromatic rings. The molecule has 0 aromatic heterocycles. The number of benzene rings is 1. The summed E-state index contributed by atoms with van der Waals surface area (Å²) in [5.74, 6) is 0. The molecule has 0 spiro atoms. The van der Waals surface area contributed by atoms with E-state index in [4.69, 9.17) is 19.6 Å². The van der Waals surface area contributed by atoms with Crippen molar-refractivity contribution in [3.8, 4) is 0 Å². The van der Waals surface area contributed by atoms with E-state index in [1.165, 1.54) is 11.1 Å². The molecule has 0 fully saturated rings. The van der Waals surface area contributed by atoms with Crippen molar-refractivity contribution < 1.29 is 19.6 Å². The lowest BCUT2D eigenvalue weighted by Crippen LogP contribution is -2.44. The molecule has 1 aromatic carbocycles. The van der Waals surface area contributed by atoms with E-state index in [9.17, 15) is 0 Å². The topological polar surface area (TPSA) is 36.9 Å². The lowest BCUT2D eigenvalue weighted by molar-refractivity contribution is -0.308. The van der Waals surface area contributed by atoms with Gasteiger partial charge in [-0.2, -0.15) is 0 Å². The Morgan fingerprint density at radius 2 is 0.969 bits per heavy atom. The monoisotopic (exact) mass is 450 g/mol. The van der Waals surface area contributed by atoms with E-state index in [0.29, 0.717) is 26.4 Å². The molecule has 2 unspecified atom stereocenters. The number of unbranched alkanes of at least 4 members (excludes halogenated alkanes) is 2. The van der Waals surface area contributed by atoms with Crippen LogP contribution in [0.5, 0.6) is 0 Å². The van der Waals surface area contributed by atoms with Crippen molar-refractivity contribution in [3.63, 3.8) is 0 Å². The molecule has 0 bridgehead atoms. The quantitative estimate of drug-likeness (QED) is 0.165. The van der Waals surface area contributed by atoms with Crippen LogP contribution in [0.4, 0.5) is 0 Å². The highest BCUT2D eigenvalue weighted by Crippen LogP contribution is 2.46. The van der Waals surface area contributed by atoms with Crippen molar-refractivity contribution in [2.24, 2.45) is 10.8 Å². The van der Waals surface area contributed by atoms with Gasteiger partial charge in [-0.15, -0.1) is 0 Å². The summed E-state index contributed by atoms with van der Waals surface area (Å²) < 4.78 is 0. The molecule has 0 aliphatic rings. The molecule has 0 aliphatic heterocycles. The van der Waals surface area contributed by atoms with Gasteiger partial charge in [-0.25, -0.2) is 19.6 Å². The minimum absolute atomic E-state index is 0.0162. The normalized spacial score (nSPS) is 16.6. The molecule has 0 radical (unpaired) electrons. The van der Waals surface area contributed by atoms with Crippen LogP contribution in [0, 0.1) is 10.8 Å². The molecule has 0 aliphatic carbocycles. The smallest absolute Gasteiger partial charge is 0.0921 e. The van der Waals surface area contributed by atoms with Crippen LogP contribution in [0.3, 0.4) is 0 Å². The number of rotatable bonds is 14. The number of hydrogen-bond acceptors (Lipinski definition) is 4. The zero-order chi connectivity index (χ0) is 24.5. The fourth-order valence-electron chi connectivity index (χ4n) is 3.51. The van der Waals surface area contributed by atoms with Gasteiger partial charge in [-0.3, -0.25) is 0 Å². The Hall–Kier alpha value is -0.940. The Kier molecular flexibility index (Phi) is 11.4. The SMILES string of the molecule is CCCCOOCC(C)(c1cccc(C(C)(COOCCCC)C(C)(C)C)c1)C(C)(C)C. The molecule has 2 atom stereocenters. The maximum absolute atomic E-state index is 5.73. The van der Waals surface area contributed by atoms with Gasteiger partial charge >= 0.3 is 0 Å². The van der Waals surface area contributed by atoms with Gasteiger partial charge in [0.15, 0.2) is 0 Å². The molecule has 1 rings (SSSR count). The molecule has 0 amide bonds. The summed E-state index contributed by atoms with van der Waals surface area (Å²) in [6.07, 6.45) is 4.20. The average Bonchev–Trinajstić information content (AvgIpc) is 2.71. The summed E-state index contributed by atoms with van der Waals surface area (Å²) in [7, 11) is 0. The summed E-state index contributed by atoms with van der Waals surface area (Å²) in [6, 6.07) is 8.92. The Bertz CT molecular complexity index is 605. The van der Waals surface area contributed by atoms with Crippen LogP contribution < -0.4 is 0 Å². The molecular weight excluding hydrogens is 400 g/mol. The van der Waals surface area contributed by atoms with Gasteiger partial charge in [0.05, 0.1) is 26.4 Å². The highest BCUT2D eigenvalue weighted by Gasteiger charge is 2.43. The molecule has 0 N–H and O–H groups in total. The second-order valence-corrected chi connectivity index (χ2v) is 11.6. The first kappa shape index (κ1) is 29.1. The molecule has 0 saturated carbocycles. The van der Waals surface area contributed by atoms with E-state index < -0.39 is 0 Å². The summed E-state index contributed by atoms with van der Waals surface area (Å²) in [5, 5.41) is 0. The largest absolute Gasteiger partial charge is 0.237 e. The van der Waals surface area contributed by atoms with Crippen molar-refractivity contribution >= 4 is 0 Å².